The number of nitrogens with one attached hydrogen (secondary N) is 1. The lowest BCUT2D eigenvalue weighted by atomic mass is 9.90. The Kier molecular flexibility index (Phi) is 5.21. The molecule has 2 heterocycles. The summed E-state index contributed by atoms with van der Waals surface area (Å²) in [6.45, 7) is 15.1. The molecule has 4 nitrogen and oxygen atoms in total. The zero-order chi connectivity index (χ0) is 22.7. The molecule has 1 atom stereocenters. The van der Waals surface area contributed by atoms with Gasteiger partial charge >= 0.3 is 0 Å². The fourth-order valence-electron chi connectivity index (χ4n) is 4.26. The van der Waals surface area contributed by atoms with E-state index in [0.29, 0.717) is 16.6 Å². The van der Waals surface area contributed by atoms with Crippen LogP contribution >= 0.6 is 12.2 Å². The molecule has 1 aliphatic rings. The molecule has 1 aliphatic heterocycles. The third kappa shape index (κ3) is 3.35. The van der Waals surface area contributed by atoms with Crippen LogP contribution in [0.25, 0.3) is 10.9 Å². The Morgan fingerprint density at radius 2 is 1.74 bits per heavy atom. The van der Waals surface area contributed by atoms with Crippen molar-refractivity contribution in [3.8, 4) is 5.75 Å². The van der Waals surface area contributed by atoms with Crippen molar-refractivity contribution < 1.29 is 9.53 Å². The average Bonchev–Trinajstić information content (AvgIpc) is 2.73. The van der Waals surface area contributed by atoms with Gasteiger partial charge in [0.25, 0.3) is 5.91 Å². The van der Waals surface area contributed by atoms with Gasteiger partial charge in [0.2, 0.25) is 0 Å². The van der Waals surface area contributed by atoms with Gasteiger partial charge in [-0.3, -0.25) is 4.79 Å². The summed E-state index contributed by atoms with van der Waals surface area (Å²) in [5.41, 5.74) is 6.86. The van der Waals surface area contributed by atoms with Crippen molar-refractivity contribution in [2.75, 3.05) is 0 Å². The second-order valence-electron chi connectivity index (χ2n) is 9.25. The highest BCUT2D eigenvalue weighted by Gasteiger charge is 2.37. The van der Waals surface area contributed by atoms with E-state index in [1.165, 1.54) is 5.56 Å². The molecular weight excluding hydrogens is 404 g/mol. The van der Waals surface area contributed by atoms with Crippen LogP contribution in [0, 0.1) is 32.2 Å². The Balaban J connectivity index is 1.88. The number of nitrogens with zero attached hydrogens (tertiary/aromatic N) is 1. The number of aromatic nitrogens is 1. The van der Waals surface area contributed by atoms with Crippen molar-refractivity contribution in [3.05, 3.63) is 68.4 Å². The molecule has 4 rings (SSSR count). The molecule has 3 aromatic rings. The minimum absolute atomic E-state index is 0.0477. The summed E-state index contributed by atoms with van der Waals surface area (Å²) < 4.78 is 9.17. The van der Waals surface area contributed by atoms with Crippen LogP contribution in [0.2, 0.25) is 0 Å². The first-order valence-corrected chi connectivity index (χ1v) is 11.1. The van der Waals surface area contributed by atoms with Gasteiger partial charge in [0.1, 0.15) is 11.9 Å². The number of rotatable bonds is 3. The second kappa shape index (κ2) is 7.49. The van der Waals surface area contributed by atoms with Gasteiger partial charge in [-0.2, -0.15) is 0 Å². The Morgan fingerprint density at radius 3 is 2.39 bits per heavy atom. The van der Waals surface area contributed by atoms with Gasteiger partial charge in [0.05, 0.1) is 21.1 Å². The van der Waals surface area contributed by atoms with E-state index in [1.54, 1.807) is 0 Å². The molecule has 1 N–H and O–H groups in total. The molecule has 0 unspecified atom stereocenters. The van der Waals surface area contributed by atoms with Crippen molar-refractivity contribution in [2.45, 2.75) is 66.7 Å². The summed E-state index contributed by atoms with van der Waals surface area (Å²) in [6.07, 6.45) is 1.87. The number of ether oxygens (including phenoxy) is 1. The molecular formula is C26H30N2O2S. The average molecular weight is 435 g/mol. The standard InChI is InChI=1S/C26H30N2O2S/c1-14-8-10-19(11-9-14)12-27-25(29)20-13-28-22-21(24(20)31)16(3)15(2)17(4)23(22)30-18(5)26(28,6)7/h8-11,13,18H,12H2,1-7H3,(H,27,29)/t18-/m1/s1. The molecule has 5 heteroatoms. The maximum atomic E-state index is 13.3. The summed E-state index contributed by atoms with van der Waals surface area (Å²) in [4.78, 5) is 13.3. The molecule has 0 saturated heterocycles. The molecule has 0 spiro atoms. The van der Waals surface area contributed by atoms with E-state index in [9.17, 15) is 4.79 Å². The minimum atomic E-state index is -0.325. The van der Waals surface area contributed by atoms with E-state index >= 15 is 0 Å². The maximum Gasteiger partial charge on any atom is 0.254 e. The number of amides is 1. The lowest BCUT2D eigenvalue weighted by molar-refractivity contribution is 0.0828. The van der Waals surface area contributed by atoms with Crippen molar-refractivity contribution >= 4 is 29.0 Å². The number of carbonyl (C=O) groups is 1. The molecule has 1 amide bonds. The van der Waals surface area contributed by atoms with Crippen LogP contribution in [0.1, 0.15) is 58.9 Å². The van der Waals surface area contributed by atoms with Gasteiger partial charge in [-0.15, -0.1) is 0 Å². The second-order valence-corrected chi connectivity index (χ2v) is 9.66. The van der Waals surface area contributed by atoms with Crippen LogP contribution in [0.15, 0.2) is 30.5 Å². The number of benzene rings is 2. The third-order valence-electron chi connectivity index (χ3n) is 6.99. The minimum Gasteiger partial charge on any atom is -0.486 e. The summed E-state index contributed by atoms with van der Waals surface area (Å²) in [5, 5.41) is 4.00. The van der Waals surface area contributed by atoms with Crippen molar-refractivity contribution in [3.63, 3.8) is 0 Å². The summed E-state index contributed by atoms with van der Waals surface area (Å²) in [5.74, 6) is 0.730. The zero-order valence-electron chi connectivity index (χ0n) is 19.3. The summed E-state index contributed by atoms with van der Waals surface area (Å²) in [7, 11) is 0. The molecule has 0 saturated carbocycles. The van der Waals surface area contributed by atoms with E-state index in [4.69, 9.17) is 17.0 Å². The monoisotopic (exact) mass is 434 g/mol. The first-order chi connectivity index (χ1) is 14.5. The Morgan fingerprint density at radius 1 is 1.10 bits per heavy atom. The van der Waals surface area contributed by atoms with Gasteiger partial charge in [-0.05, 0) is 70.7 Å². The lowest BCUT2D eigenvalue weighted by Crippen LogP contribution is -2.45. The molecule has 0 bridgehead atoms. The molecule has 1 aromatic heterocycles. The number of pyridine rings is 1. The van der Waals surface area contributed by atoms with Gasteiger partial charge in [-0.25, -0.2) is 0 Å². The normalized spacial score (nSPS) is 16.8. The fraction of sp³-hybridized carbons (Fsp3) is 0.385. The molecule has 0 aliphatic carbocycles. The van der Waals surface area contributed by atoms with Crippen molar-refractivity contribution in [1.82, 2.24) is 9.88 Å². The highest BCUT2D eigenvalue weighted by molar-refractivity contribution is 7.71. The Labute approximate surface area is 189 Å². The maximum absolute atomic E-state index is 13.3. The van der Waals surface area contributed by atoms with E-state index in [1.807, 2.05) is 18.3 Å². The lowest BCUT2D eigenvalue weighted by Gasteiger charge is -2.42. The van der Waals surface area contributed by atoms with Gasteiger partial charge in [0.15, 0.2) is 0 Å². The summed E-state index contributed by atoms with van der Waals surface area (Å²) >= 11 is 5.87. The van der Waals surface area contributed by atoms with Crippen LogP contribution in [-0.2, 0) is 12.1 Å². The summed E-state index contributed by atoms with van der Waals surface area (Å²) in [6, 6.07) is 8.17. The largest absolute Gasteiger partial charge is 0.486 e. The van der Waals surface area contributed by atoms with Crippen LogP contribution in [-0.4, -0.2) is 16.6 Å². The Bertz CT molecular complexity index is 1270. The first kappa shape index (κ1) is 21.6. The predicted molar refractivity (Wildman–Crippen MR) is 129 cm³/mol. The van der Waals surface area contributed by atoms with Gasteiger partial charge < -0.3 is 14.6 Å². The highest BCUT2D eigenvalue weighted by atomic mass is 32.1. The van der Waals surface area contributed by atoms with Crippen LogP contribution in [0.5, 0.6) is 5.75 Å². The SMILES string of the molecule is Cc1ccc(CNC(=O)c2cn3c4c(c(C)c(C)c(C)c4c2=S)O[C@H](C)C3(C)C)cc1. The van der Waals surface area contributed by atoms with E-state index in [-0.39, 0.29) is 17.6 Å². The van der Waals surface area contributed by atoms with E-state index in [2.05, 4.69) is 70.5 Å². The van der Waals surface area contributed by atoms with E-state index < -0.39 is 0 Å². The molecule has 162 valence electrons. The fourth-order valence-corrected chi connectivity index (χ4v) is 4.66. The van der Waals surface area contributed by atoms with Crippen LogP contribution < -0.4 is 10.1 Å². The van der Waals surface area contributed by atoms with Gasteiger partial charge in [0, 0.05) is 18.1 Å². The van der Waals surface area contributed by atoms with Crippen LogP contribution in [0.4, 0.5) is 0 Å². The highest BCUT2D eigenvalue weighted by Crippen LogP contribution is 2.44. The first-order valence-electron chi connectivity index (χ1n) is 10.7. The molecule has 2 aromatic carbocycles. The third-order valence-corrected chi connectivity index (χ3v) is 7.42. The zero-order valence-corrected chi connectivity index (χ0v) is 20.2. The topological polar surface area (TPSA) is 43.3 Å². The smallest absolute Gasteiger partial charge is 0.254 e. The Hall–Kier alpha value is -2.66. The van der Waals surface area contributed by atoms with Crippen LogP contribution in [0.3, 0.4) is 0 Å². The predicted octanol–water partition coefficient (Wildman–Crippen LogP) is 6.05. The molecule has 31 heavy (non-hydrogen) atoms. The van der Waals surface area contributed by atoms with E-state index in [0.717, 1.165) is 38.9 Å². The number of hydrogen-bond donors (Lipinski definition) is 1. The number of carbonyl (C=O) groups excluding carboxylic acids is 1. The molecule has 0 radical (unpaired) electrons. The van der Waals surface area contributed by atoms with Crippen molar-refractivity contribution in [2.24, 2.45) is 0 Å². The quantitative estimate of drug-likeness (QED) is 0.510. The molecule has 0 fully saturated rings. The number of hydrogen-bond acceptors (Lipinski definition) is 3. The number of aryl methyl sites for hydroxylation is 2. The van der Waals surface area contributed by atoms with Crippen molar-refractivity contribution in [1.29, 1.82) is 0 Å². The van der Waals surface area contributed by atoms with Gasteiger partial charge in [-0.1, -0.05) is 42.0 Å².